The summed E-state index contributed by atoms with van der Waals surface area (Å²) in [6.45, 7) is 4.62. The summed E-state index contributed by atoms with van der Waals surface area (Å²) in [5.41, 5.74) is 5.41. The van der Waals surface area contributed by atoms with Crippen molar-refractivity contribution in [1.82, 2.24) is 10.2 Å². The Kier molecular flexibility index (Phi) is 8.72. The molecule has 0 radical (unpaired) electrons. The molecular formula is C31H32N4O5S. The van der Waals surface area contributed by atoms with Crippen molar-refractivity contribution in [2.75, 3.05) is 55.4 Å². The molecule has 9 nitrogen and oxygen atoms in total. The molecule has 3 N–H and O–H groups in total. The highest BCUT2D eigenvalue weighted by Crippen LogP contribution is 2.39. The van der Waals surface area contributed by atoms with Gasteiger partial charge in [0.2, 0.25) is 0 Å². The molecule has 0 spiro atoms. The number of benzene rings is 3. The number of hydrogen-bond acceptors (Lipinski definition) is 7. The average molecular weight is 573 g/mol. The lowest BCUT2D eigenvalue weighted by atomic mass is 9.96. The lowest BCUT2D eigenvalue weighted by Crippen LogP contribution is -2.43. The highest BCUT2D eigenvalue weighted by atomic mass is 32.2. The van der Waals surface area contributed by atoms with Crippen LogP contribution in [0.1, 0.15) is 37.4 Å². The first-order valence-electron chi connectivity index (χ1n) is 13.4. The molecule has 0 atom stereocenters. The van der Waals surface area contributed by atoms with Gasteiger partial charge in [0.1, 0.15) is 11.5 Å². The molecule has 2 aliphatic heterocycles. The number of carbonyl (C=O) groups excluding carboxylic acids is 3. The minimum atomic E-state index is -0.720. The normalized spacial score (nSPS) is 16.5. The monoisotopic (exact) mass is 572 g/mol. The Hall–Kier alpha value is -4.12. The molecule has 2 amide bonds. The highest BCUT2D eigenvalue weighted by molar-refractivity contribution is 7.91. The number of anilines is 2. The van der Waals surface area contributed by atoms with Gasteiger partial charge in [-0.2, -0.15) is 0 Å². The second kappa shape index (κ2) is 12.6. The number of ether oxygens (including phenoxy) is 1. The Morgan fingerprint density at radius 2 is 1.73 bits per heavy atom. The second-order valence-corrected chi connectivity index (χ2v) is 11.6. The van der Waals surface area contributed by atoms with E-state index in [1.165, 1.54) is 7.11 Å². The number of carbonyl (C=O) groups is 3. The van der Waals surface area contributed by atoms with Crippen molar-refractivity contribution < 1.29 is 23.7 Å². The third-order valence-corrected chi connectivity index (χ3v) is 8.50. The van der Waals surface area contributed by atoms with Gasteiger partial charge >= 0.3 is 5.97 Å². The van der Waals surface area contributed by atoms with Crippen LogP contribution in [0.4, 0.5) is 11.4 Å². The molecule has 3 aromatic rings. The van der Waals surface area contributed by atoms with Crippen LogP contribution in [0.25, 0.3) is 11.3 Å². The van der Waals surface area contributed by atoms with E-state index in [0.717, 1.165) is 25.2 Å². The molecule has 212 valence electrons. The SMILES string of the molecule is COC(=O)c1cc2c(cc1C)/C(=C(/Nc1ccc(C(=O)NCCN3CC[S+]([O-])CC3)cc1)c1ccccc1)C(=O)N2. The molecule has 1 fully saturated rings. The average Bonchev–Trinajstić information content (AvgIpc) is 3.30. The van der Waals surface area contributed by atoms with Crippen molar-refractivity contribution in [3.8, 4) is 0 Å². The first-order chi connectivity index (χ1) is 19.8. The fourth-order valence-corrected chi connectivity index (χ4v) is 6.09. The predicted molar refractivity (Wildman–Crippen MR) is 161 cm³/mol. The molecule has 0 aliphatic carbocycles. The largest absolute Gasteiger partial charge is 0.616 e. The Bertz CT molecular complexity index is 1480. The zero-order chi connectivity index (χ0) is 28.9. The smallest absolute Gasteiger partial charge is 0.338 e. The lowest BCUT2D eigenvalue weighted by Gasteiger charge is -2.27. The summed E-state index contributed by atoms with van der Waals surface area (Å²) in [6, 6.07) is 20.1. The zero-order valence-electron chi connectivity index (χ0n) is 23.0. The standard InChI is InChI=1S/C31H32N4O5S/c1-20-18-25-26(19-24(20)31(38)40-2)34-30(37)27(25)28(21-6-4-3-5-7-21)33-23-10-8-22(9-11-23)29(36)32-12-13-35-14-16-41(39)17-15-35/h3-11,18-19,33H,12-17H2,1-2H3,(H,32,36)(H,34,37)/b28-27-. The van der Waals surface area contributed by atoms with Crippen molar-refractivity contribution in [1.29, 1.82) is 0 Å². The molecule has 3 aromatic carbocycles. The van der Waals surface area contributed by atoms with Gasteiger partial charge in [-0.15, -0.1) is 0 Å². The van der Waals surface area contributed by atoms with Crippen LogP contribution in [0.2, 0.25) is 0 Å². The van der Waals surface area contributed by atoms with Gasteiger partial charge in [-0.1, -0.05) is 41.5 Å². The third-order valence-electron chi connectivity index (χ3n) is 7.23. The molecule has 1 saturated heterocycles. The van der Waals surface area contributed by atoms with Crippen molar-refractivity contribution in [3.63, 3.8) is 0 Å². The molecule has 0 unspecified atom stereocenters. The Morgan fingerprint density at radius 3 is 2.41 bits per heavy atom. The fraction of sp³-hybridized carbons (Fsp3) is 0.258. The number of amides is 2. The minimum absolute atomic E-state index is 0.167. The summed E-state index contributed by atoms with van der Waals surface area (Å²) >= 11 is -0.720. The molecule has 5 rings (SSSR count). The van der Waals surface area contributed by atoms with Crippen LogP contribution in [0.3, 0.4) is 0 Å². The van der Waals surface area contributed by atoms with Gasteiger partial charge < -0.3 is 25.2 Å². The van der Waals surface area contributed by atoms with Crippen LogP contribution in [0, 0.1) is 6.92 Å². The van der Waals surface area contributed by atoms with E-state index in [4.69, 9.17) is 4.74 Å². The van der Waals surface area contributed by atoms with E-state index in [9.17, 15) is 18.9 Å². The van der Waals surface area contributed by atoms with E-state index in [0.29, 0.717) is 62.9 Å². The maximum atomic E-state index is 13.3. The quantitative estimate of drug-likeness (QED) is 0.215. The van der Waals surface area contributed by atoms with Gasteiger partial charge in [-0.25, -0.2) is 4.79 Å². The summed E-state index contributed by atoms with van der Waals surface area (Å²) in [7, 11) is 1.33. The lowest BCUT2D eigenvalue weighted by molar-refractivity contribution is -0.110. The van der Waals surface area contributed by atoms with Gasteiger partial charge in [0.15, 0.2) is 0 Å². The fourth-order valence-electron chi connectivity index (χ4n) is 4.97. The van der Waals surface area contributed by atoms with Gasteiger partial charge in [0.25, 0.3) is 11.8 Å². The number of nitrogens with zero attached hydrogens (tertiary/aromatic N) is 1. The summed E-state index contributed by atoms with van der Waals surface area (Å²) in [5.74, 6) is 0.450. The number of esters is 1. The van der Waals surface area contributed by atoms with E-state index in [-0.39, 0.29) is 11.8 Å². The molecule has 41 heavy (non-hydrogen) atoms. The van der Waals surface area contributed by atoms with Crippen molar-refractivity contribution in [3.05, 3.63) is 94.5 Å². The number of hydrogen-bond donors (Lipinski definition) is 3. The zero-order valence-corrected chi connectivity index (χ0v) is 23.8. The first kappa shape index (κ1) is 28.4. The van der Waals surface area contributed by atoms with Crippen LogP contribution < -0.4 is 16.0 Å². The molecule has 0 bridgehead atoms. The van der Waals surface area contributed by atoms with E-state index < -0.39 is 17.1 Å². The number of nitrogens with one attached hydrogen (secondary N) is 3. The third kappa shape index (κ3) is 6.45. The van der Waals surface area contributed by atoms with Gasteiger partial charge in [-0.05, 0) is 54.4 Å². The van der Waals surface area contributed by atoms with E-state index >= 15 is 0 Å². The van der Waals surface area contributed by atoms with E-state index in [2.05, 4.69) is 20.9 Å². The van der Waals surface area contributed by atoms with Crippen LogP contribution in [-0.2, 0) is 20.7 Å². The molecule has 0 aromatic heterocycles. The van der Waals surface area contributed by atoms with Gasteiger partial charge in [0.05, 0.1) is 29.6 Å². The van der Waals surface area contributed by atoms with Gasteiger partial charge in [0, 0.05) is 43.0 Å². The number of rotatable bonds is 8. The number of aryl methyl sites for hydroxylation is 1. The van der Waals surface area contributed by atoms with Crippen molar-refractivity contribution >= 4 is 51.6 Å². The molecule has 2 aliphatic rings. The number of fused-ring (bicyclic) bond motifs is 1. The second-order valence-electron chi connectivity index (χ2n) is 9.92. The van der Waals surface area contributed by atoms with E-state index in [1.54, 1.807) is 37.3 Å². The summed E-state index contributed by atoms with van der Waals surface area (Å²) in [4.78, 5) is 40.4. The van der Waals surface area contributed by atoms with Crippen LogP contribution in [-0.4, -0.2) is 72.0 Å². The maximum Gasteiger partial charge on any atom is 0.338 e. The molecule has 2 heterocycles. The predicted octanol–water partition coefficient (Wildman–Crippen LogP) is 3.51. The Morgan fingerprint density at radius 1 is 1.02 bits per heavy atom. The van der Waals surface area contributed by atoms with Crippen LogP contribution in [0.15, 0.2) is 66.7 Å². The van der Waals surface area contributed by atoms with Crippen LogP contribution in [0.5, 0.6) is 0 Å². The highest BCUT2D eigenvalue weighted by Gasteiger charge is 2.30. The topological polar surface area (TPSA) is 123 Å². The Balaban J connectivity index is 1.36. The molecular weight excluding hydrogens is 540 g/mol. The summed E-state index contributed by atoms with van der Waals surface area (Å²) in [5, 5.41) is 9.23. The molecule has 0 saturated carbocycles. The first-order valence-corrected chi connectivity index (χ1v) is 14.9. The van der Waals surface area contributed by atoms with Gasteiger partial charge in [-0.3, -0.25) is 14.5 Å². The molecule has 10 heteroatoms. The maximum absolute atomic E-state index is 13.3. The minimum Gasteiger partial charge on any atom is -0.616 e. The number of methoxy groups -OCH3 is 1. The summed E-state index contributed by atoms with van der Waals surface area (Å²) < 4.78 is 16.4. The van der Waals surface area contributed by atoms with Crippen LogP contribution >= 0.6 is 0 Å². The van der Waals surface area contributed by atoms with E-state index in [1.807, 2.05) is 36.4 Å². The summed E-state index contributed by atoms with van der Waals surface area (Å²) in [6.07, 6.45) is 0. The van der Waals surface area contributed by atoms with Crippen molar-refractivity contribution in [2.24, 2.45) is 0 Å². The Labute approximate surface area is 242 Å². The van der Waals surface area contributed by atoms with Crippen molar-refractivity contribution in [2.45, 2.75) is 6.92 Å².